The molecule has 3 aromatic rings. The number of nitrogens with one attached hydrogen (secondary N) is 1. The van der Waals surface area contributed by atoms with Gasteiger partial charge < -0.3 is 19.0 Å². The highest BCUT2D eigenvalue weighted by molar-refractivity contribution is 5.94. The number of furan rings is 1. The lowest BCUT2D eigenvalue weighted by molar-refractivity contribution is -0.148. The molecule has 1 N–H and O–H groups in total. The van der Waals surface area contributed by atoms with E-state index in [-0.39, 0.29) is 24.2 Å². The van der Waals surface area contributed by atoms with E-state index in [1.807, 2.05) is 19.9 Å². The Labute approximate surface area is 155 Å². The summed E-state index contributed by atoms with van der Waals surface area (Å²) in [4.78, 5) is 29.1. The van der Waals surface area contributed by atoms with Crippen LogP contribution in [0, 0.1) is 0 Å². The van der Waals surface area contributed by atoms with E-state index in [1.54, 1.807) is 30.3 Å². The maximum atomic E-state index is 12.6. The average Bonchev–Trinajstić information content (AvgIpc) is 3.36. The van der Waals surface area contributed by atoms with Gasteiger partial charge >= 0.3 is 5.97 Å². The number of carbonyl (C=O) groups excluding carboxylic acids is 2. The van der Waals surface area contributed by atoms with E-state index in [2.05, 4.69) is 15.5 Å². The van der Waals surface area contributed by atoms with Crippen molar-refractivity contribution >= 4 is 11.9 Å². The SMILES string of the molecule is CC(C)c1noc(COC(=O)C(NC(=O)c2ccco2)c2ccccc2)n1. The van der Waals surface area contributed by atoms with Crippen molar-refractivity contribution in [2.75, 3.05) is 0 Å². The van der Waals surface area contributed by atoms with Crippen LogP contribution in [0.3, 0.4) is 0 Å². The molecule has 1 amide bonds. The van der Waals surface area contributed by atoms with Crippen molar-refractivity contribution in [3.8, 4) is 0 Å². The summed E-state index contributed by atoms with van der Waals surface area (Å²) in [6, 6.07) is 10.9. The van der Waals surface area contributed by atoms with Crippen molar-refractivity contribution in [2.24, 2.45) is 0 Å². The van der Waals surface area contributed by atoms with E-state index in [9.17, 15) is 9.59 Å². The second kappa shape index (κ2) is 8.31. The van der Waals surface area contributed by atoms with Gasteiger partial charge in [-0.2, -0.15) is 4.98 Å². The molecule has 0 aliphatic rings. The number of nitrogens with zero attached hydrogens (tertiary/aromatic N) is 2. The van der Waals surface area contributed by atoms with Crippen molar-refractivity contribution in [3.63, 3.8) is 0 Å². The van der Waals surface area contributed by atoms with Crippen molar-refractivity contribution < 1.29 is 23.3 Å². The maximum absolute atomic E-state index is 12.6. The largest absolute Gasteiger partial charge is 0.459 e. The number of carbonyl (C=O) groups is 2. The molecule has 2 heterocycles. The van der Waals surface area contributed by atoms with Crippen LogP contribution in [-0.2, 0) is 16.1 Å². The highest BCUT2D eigenvalue weighted by atomic mass is 16.6. The number of benzene rings is 1. The monoisotopic (exact) mass is 369 g/mol. The number of rotatable bonds is 7. The summed E-state index contributed by atoms with van der Waals surface area (Å²) in [5.74, 6) is -0.246. The van der Waals surface area contributed by atoms with Crippen LogP contribution in [0.4, 0.5) is 0 Å². The lowest BCUT2D eigenvalue weighted by Gasteiger charge is -2.17. The minimum absolute atomic E-state index is 0.0993. The Hall–Kier alpha value is -3.42. The Morgan fingerprint density at radius 1 is 1.15 bits per heavy atom. The normalized spacial score (nSPS) is 12.0. The van der Waals surface area contributed by atoms with Gasteiger partial charge in [0.2, 0.25) is 0 Å². The molecule has 1 unspecified atom stereocenters. The molecule has 0 bridgehead atoms. The van der Waals surface area contributed by atoms with Crippen LogP contribution in [-0.4, -0.2) is 22.0 Å². The highest BCUT2D eigenvalue weighted by Gasteiger charge is 2.26. The number of ether oxygens (including phenoxy) is 1. The van der Waals surface area contributed by atoms with Gasteiger partial charge in [0.25, 0.3) is 11.8 Å². The van der Waals surface area contributed by atoms with Gasteiger partial charge in [0.15, 0.2) is 24.2 Å². The first kappa shape index (κ1) is 18.4. The lowest BCUT2D eigenvalue weighted by Crippen LogP contribution is -2.34. The topological polar surface area (TPSA) is 107 Å². The van der Waals surface area contributed by atoms with Gasteiger partial charge in [-0.1, -0.05) is 49.3 Å². The minimum atomic E-state index is -1.00. The van der Waals surface area contributed by atoms with Gasteiger partial charge in [-0.05, 0) is 17.7 Å². The van der Waals surface area contributed by atoms with E-state index in [0.717, 1.165) is 0 Å². The maximum Gasteiger partial charge on any atom is 0.333 e. The van der Waals surface area contributed by atoms with Crippen LogP contribution < -0.4 is 5.32 Å². The summed E-state index contributed by atoms with van der Waals surface area (Å²) in [6.07, 6.45) is 1.38. The molecule has 0 saturated heterocycles. The van der Waals surface area contributed by atoms with Crippen molar-refractivity contribution in [3.05, 3.63) is 71.8 Å². The van der Waals surface area contributed by atoms with Crippen LogP contribution in [0.2, 0.25) is 0 Å². The quantitative estimate of drug-likeness (QED) is 0.638. The van der Waals surface area contributed by atoms with E-state index in [1.165, 1.54) is 12.3 Å². The zero-order valence-corrected chi connectivity index (χ0v) is 14.9. The average molecular weight is 369 g/mol. The molecular formula is C19H19N3O5. The van der Waals surface area contributed by atoms with Crippen molar-refractivity contribution in [1.29, 1.82) is 0 Å². The van der Waals surface area contributed by atoms with Crippen molar-refractivity contribution in [2.45, 2.75) is 32.4 Å². The molecule has 0 aliphatic heterocycles. The molecule has 0 radical (unpaired) electrons. The number of aromatic nitrogens is 2. The predicted octanol–water partition coefficient (Wildman–Crippen LogP) is 3.00. The van der Waals surface area contributed by atoms with Gasteiger partial charge in [-0.15, -0.1) is 0 Å². The van der Waals surface area contributed by atoms with Gasteiger partial charge in [-0.25, -0.2) is 4.79 Å². The molecule has 140 valence electrons. The molecule has 0 aliphatic carbocycles. The first-order valence-electron chi connectivity index (χ1n) is 8.43. The fourth-order valence-corrected chi connectivity index (χ4v) is 2.31. The Morgan fingerprint density at radius 3 is 2.56 bits per heavy atom. The highest BCUT2D eigenvalue weighted by Crippen LogP contribution is 2.17. The predicted molar refractivity (Wildman–Crippen MR) is 93.5 cm³/mol. The lowest BCUT2D eigenvalue weighted by atomic mass is 10.1. The molecule has 8 nitrogen and oxygen atoms in total. The third kappa shape index (κ3) is 4.60. The van der Waals surface area contributed by atoms with E-state index in [0.29, 0.717) is 11.4 Å². The third-order valence-electron chi connectivity index (χ3n) is 3.73. The standard InChI is InChI=1S/C19H19N3O5/c1-12(2)17-20-15(27-22-17)11-26-19(24)16(13-7-4-3-5-8-13)21-18(23)14-9-6-10-25-14/h3-10,12,16H,11H2,1-2H3,(H,21,23). The van der Waals surface area contributed by atoms with Crippen LogP contribution in [0.5, 0.6) is 0 Å². The third-order valence-corrected chi connectivity index (χ3v) is 3.73. The number of hydrogen-bond donors (Lipinski definition) is 1. The van der Waals surface area contributed by atoms with Crippen LogP contribution in [0.15, 0.2) is 57.7 Å². The van der Waals surface area contributed by atoms with Crippen LogP contribution in [0.25, 0.3) is 0 Å². The van der Waals surface area contributed by atoms with Crippen molar-refractivity contribution in [1.82, 2.24) is 15.5 Å². The second-order valence-corrected chi connectivity index (χ2v) is 6.10. The smallest absolute Gasteiger partial charge is 0.333 e. The van der Waals surface area contributed by atoms with Gasteiger partial charge in [0.1, 0.15) is 0 Å². The molecule has 0 fully saturated rings. The molecule has 1 atom stereocenters. The zero-order valence-electron chi connectivity index (χ0n) is 14.9. The fourth-order valence-electron chi connectivity index (χ4n) is 2.31. The molecular weight excluding hydrogens is 350 g/mol. The molecule has 27 heavy (non-hydrogen) atoms. The van der Waals surface area contributed by atoms with E-state index in [4.69, 9.17) is 13.7 Å². The molecule has 0 saturated carbocycles. The Bertz CT molecular complexity index is 887. The molecule has 0 spiro atoms. The Morgan fingerprint density at radius 2 is 1.93 bits per heavy atom. The first-order chi connectivity index (χ1) is 13.0. The number of hydrogen-bond acceptors (Lipinski definition) is 7. The summed E-state index contributed by atoms with van der Waals surface area (Å²) in [6.45, 7) is 3.67. The number of esters is 1. The Balaban J connectivity index is 1.71. The fraction of sp³-hybridized carbons (Fsp3) is 0.263. The molecule has 1 aromatic carbocycles. The summed E-state index contributed by atoms with van der Waals surface area (Å²) in [7, 11) is 0. The second-order valence-electron chi connectivity index (χ2n) is 6.10. The van der Waals surface area contributed by atoms with Crippen LogP contribution in [0.1, 0.15) is 53.6 Å². The Kier molecular flexibility index (Phi) is 5.65. The summed E-state index contributed by atoms with van der Waals surface area (Å²) < 4.78 is 15.4. The summed E-state index contributed by atoms with van der Waals surface area (Å²) in [5, 5.41) is 6.44. The number of amides is 1. The van der Waals surface area contributed by atoms with E-state index >= 15 is 0 Å². The molecule has 3 rings (SSSR count). The first-order valence-corrected chi connectivity index (χ1v) is 8.43. The van der Waals surface area contributed by atoms with Gasteiger partial charge in [0.05, 0.1) is 6.26 Å². The van der Waals surface area contributed by atoms with Crippen LogP contribution >= 0.6 is 0 Å². The summed E-state index contributed by atoms with van der Waals surface area (Å²) in [5.41, 5.74) is 0.579. The van der Waals surface area contributed by atoms with Gasteiger partial charge in [-0.3, -0.25) is 4.79 Å². The minimum Gasteiger partial charge on any atom is -0.459 e. The summed E-state index contributed by atoms with van der Waals surface area (Å²) >= 11 is 0. The zero-order chi connectivity index (χ0) is 19.2. The molecule has 8 heteroatoms. The van der Waals surface area contributed by atoms with E-state index < -0.39 is 17.9 Å². The van der Waals surface area contributed by atoms with Gasteiger partial charge in [0, 0.05) is 5.92 Å². The molecule has 2 aromatic heterocycles.